The highest BCUT2D eigenvalue weighted by Gasteiger charge is 2.26. The van der Waals surface area contributed by atoms with Crippen LogP contribution in [0.4, 0.5) is 0 Å². The SMILES string of the molecule is CCCCCCCCCCCCCCCCCCCCCCCCCCCCOCC(COP(=O)(O)OCC[N+](C)(C)C)OC(=O)CC. The molecule has 2 unspecified atom stereocenters. The van der Waals surface area contributed by atoms with Crippen LogP contribution in [0.25, 0.3) is 0 Å². The van der Waals surface area contributed by atoms with Crippen molar-refractivity contribution in [2.45, 2.75) is 193 Å². The first-order valence-corrected chi connectivity index (χ1v) is 21.8. The summed E-state index contributed by atoms with van der Waals surface area (Å²) in [5, 5.41) is 0. The molecule has 8 nitrogen and oxygen atoms in total. The number of unbranched alkanes of at least 4 members (excludes halogenated alkanes) is 25. The van der Waals surface area contributed by atoms with Crippen molar-refractivity contribution in [2.75, 3.05) is 54.1 Å². The van der Waals surface area contributed by atoms with Gasteiger partial charge < -0.3 is 18.9 Å². The molecule has 0 rings (SSSR count). The monoisotopic (exact) mass is 707 g/mol. The quantitative estimate of drug-likeness (QED) is 0.0296. The molecule has 0 fully saturated rings. The summed E-state index contributed by atoms with van der Waals surface area (Å²) < 4.78 is 34.0. The lowest BCUT2D eigenvalue weighted by atomic mass is 10.0. The van der Waals surface area contributed by atoms with Gasteiger partial charge in [-0.3, -0.25) is 13.8 Å². The van der Waals surface area contributed by atoms with Crippen molar-refractivity contribution in [3.63, 3.8) is 0 Å². The number of carbonyl (C=O) groups is 1. The van der Waals surface area contributed by atoms with Gasteiger partial charge in [0.1, 0.15) is 19.3 Å². The minimum atomic E-state index is -4.23. The molecule has 0 amide bonds. The van der Waals surface area contributed by atoms with E-state index in [0.29, 0.717) is 17.6 Å². The van der Waals surface area contributed by atoms with E-state index in [2.05, 4.69) is 6.92 Å². The molecule has 1 N–H and O–H groups in total. The molecule has 0 aromatic carbocycles. The summed E-state index contributed by atoms with van der Waals surface area (Å²) in [6.45, 7) is 5.09. The molecule has 0 aliphatic rings. The molecule has 0 radical (unpaired) electrons. The Morgan fingerprint density at radius 3 is 1.29 bits per heavy atom. The normalized spacial score (nSPS) is 13.9. The van der Waals surface area contributed by atoms with E-state index in [1.54, 1.807) is 6.92 Å². The number of carbonyl (C=O) groups excluding carboxylic acids is 1. The Morgan fingerprint density at radius 1 is 0.562 bits per heavy atom. The fraction of sp³-hybridized carbons (Fsp3) is 0.974. The van der Waals surface area contributed by atoms with E-state index in [-0.39, 0.29) is 26.2 Å². The Labute approximate surface area is 298 Å². The third-order valence-corrected chi connectivity index (χ3v) is 9.96. The maximum atomic E-state index is 12.2. The zero-order valence-corrected chi connectivity index (χ0v) is 33.4. The van der Waals surface area contributed by atoms with E-state index in [1.165, 1.54) is 154 Å². The minimum absolute atomic E-state index is 0.0901. The Morgan fingerprint density at radius 2 is 0.938 bits per heavy atom. The molecule has 9 heteroatoms. The molecule has 0 spiro atoms. The first-order chi connectivity index (χ1) is 23.1. The van der Waals surface area contributed by atoms with Gasteiger partial charge in [0, 0.05) is 13.0 Å². The molecule has 2 atom stereocenters. The van der Waals surface area contributed by atoms with Gasteiger partial charge in [-0.1, -0.05) is 174 Å². The van der Waals surface area contributed by atoms with Crippen LogP contribution in [0.15, 0.2) is 0 Å². The first kappa shape index (κ1) is 47.5. The maximum absolute atomic E-state index is 12.2. The molecular formula is C39H81NO7P+. The molecule has 288 valence electrons. The number of phosphoric acid groups is 1. The summed E-state index contributed by atoms with van der Waals surface area (Å²) >= 11 is 0. The predicted molar refractivity (Wildman–Crippen MR) is 201 cm³/mol. The number of phosphoric ester groups is 1. The van der Waals surface area contributed by atoms with Crippen molar-refractivity contribution < 1.29 is 37.3 Å². The lowest BCUT2D eigenvalue weighted by molar-refractivity contribution is -0.870. The highest BCUT2D eigenvalue weighted by molar-refractivity contribution is 7.47. The van der Waals surface area contributed by atoms with Gasteiger partial charge in [0.15, 0.2) is 0 Å². The second-order valence-corrected chi connectivity index (χ2v) is 16.4. The summed E-state index contributed by atoms with van der Waals surface area (Å²) in [5.74, 6) is -0.397. The van der Waals surface area contributed by atoms with Crippen LogP contribution in [0.3, 0.4) is 0 Å². The van der Waals surface area contributed by atoms with E-state index >= 15 is 0 Å². The number of quaternary nitrogens is 1. The highest BCUT2D eigenvalue weighted by Crippen LogP contribution is 2.43. The average Bonchev–Trinajstić information content (AvgIpc) is 3.04. The second-order valence-electron chi connectivity index (χ2n) is 15.0. The second kappa shape index (κ2) is 33.6. The fourth-order valence-corrected chi connectivity index (χ4v) is 6.51. The molecule has 48 heavy (non-hydrogen) atoms. The number of likely N-dealkylation sites (N-methyl/N-ethyl adjacent to an activating group) is 1. The summed E-state index contributed by atoms with van der Waals surface area (Å²) in [4.78, 5) is 21.7. The number of rotatable bonds is 38. The largest absolute Gasteiger partial charge is 0.472 e. The van der Waals surface area contributed by atoms with Gasteiger partial charge in [-0.25, -0.2) is 4.57 Å². The fourth-order valence-electron chi connectivity index (χ4n) is 5.76. The van der Waals surface area contributed by atoms with Crippen molar-refractivity contribution in [3.05, 3.63) is 0 Å². The zero-order valence-electron chi connectivity index (χ0n) is 32.5. The lowest BCUT2D eigenvalue weighted by Crippen LogP contribution is -2.37. The standard InChI is InChI=1S/C39H80NO7P/c1-6-8-9-10-11-12-13-14-15-16-17-18-19-20-21-22-23-24-25-26-27-28-29-30-31-32-34-44-36-38(47-39(41)7-2)37-46-48(42,43)45-35-33-40(3,4)5/h38H,6-37H2,1-5H3/p+1. The van der Waals surface area contributed by atoms with Crippen LogP contribution in [0.2, 0.25) is 0 Å². The number of esters is 1. The number of nitrogens with zero attached hydrogens (tertiary/aromatic N) is 1. The summed E-state index contributed by atoms with van der Waals surface area (Å²) in [6.07, 6.45) is 35.2. The van der Waals surface area contributed by atoms with Crippen molar-refractivity contribution in [2.24, 2.45) is 0 Å². The molecular weight excluding hydrogens is 625 g/mol. The summed E-state index contributed by atoms with van der Waals surface area (Å²) in [5.41, 5.74) is 0. The van der Waals surface area contributed by atoms with Gasteiger partial charge in [0.25, 0.3) is 0 Å². The summed E-state index contributed by atoms with van der Waals surface area (Å²) in [7, 11) is 1.67. The topological polar surface area (TPSA) is 91.3 Å². The van der Waals surface area contributed by atoms with Crippen molar-refractivity contribution in [1.82, 2.24) is 0 Å². The third-order valence-electron chi connectivity index (χ3n) is 8.97. The molecule has 0 heterocycles. The van der Waals surface area contributed by atoms with Gasteiger partial charge in [0.2, 0.25) is 0 Å². The zero-order chi connectivity index (χ0) is 35.6. The van der Waals surface area contributed by atoms with Crippen molar-refractivity contribution in [3.8, 4) is 0 Å². The Kier molecular flexibility index (Phi) is 33.3. The average molecular weight is 707 g/mol. The van der Waals surface area contributed by atoms with Crippen LogP contribution in [-0.2, 0) is 27.9 Å². The van der Waals surface area contributed by atoms with Crippen LogP contribution < -0.4 is 0 Å². The molecule has 0 saturated carbocycles. The van der Waals surface area contributed by atoms with Gasteiger partial charge in [-0.2, -0.15) is 0 Å². The van der Waals surface area contributed by atoms with Gasteiger partial charge in [0.05, 0.1) is 34.4 Å². The maximum Gasteiger partial charge on any atom is 0.472 e. The highest BCUT2D eigenvalue weighted by atomic mass is 31.2. The minimum Gasteiger partial charge on any atom is -0.457 e. The molecule has 0 aliphatic carbocycles. The van der Waals surface area contributed by atoms with Crippen LogP contribution in [-0.4, -0.2) is 75.6 Å². The van der Waals surface area contributed by atoms with E-state index < -0.39 is 19.9 Å². The van der Waals surface area contributed by atoms with E-state index in [9.17, 15) is 14.3 Å². The van der Waals surface area contributed by atoms with E-state index in [4.69, 9.17) is 18.5 Å². The molecule has 0 bridgehead atoms. The Balaban J connectivity index is 3.55. The first-order valence-electron chi connectivity index (χ1n) is 20.3. The molecule has 0 aromatic heterocycles. The Bertz CT molecular complexity index is 746. The molecule has 0 aliphatic heterocycles. The van der Waals surface area contributed by atoms with Crippen LogP contribution in [0.5, 0.6) is 0 Å². The van der Waals surface area contributed by atoms with Gasteiger partial charge in [-0.15, -0.1) is 0 Å². The lowest BCUT2D eigenvalue weighted by Gasteiger charge is -2.24. The van der Waals surface area contributed by atoms with Gasteiger partial charge in [-0.05, 0) is 6.42 Å². The van der Waals surface area contributed by atoms with Crippen LogP contribution >= 0.6 is 7.82 Å². The van der Waals surface area contributed by atoms with Crippen molar-refractivity contribution >= 4 is 13.8 Å². The smallest absolute Gasteiger partial charge is 0.457 e. The van der Waals surface area contributed by atoms with Crippen LogP contribution in [0, 0.1) is 0 Å². The number of hydrogen-bond donors (Lipinski definition) is 1. The Hall–Kier alpha value is -0.500. The number of ether oxygens (including phenoxy) is 2. The number of hydrogen-bond acceptors (Lipinski definition) is 6. The predicted octanol–water partition coefficient (Wildman–Crippen LogP) is 11.3. The van der Waals surface area contributed by atoms with Crippen molar-refractivity contribution in [1.29, 1.82) is 0 Å². The van der Waals surface area contributed by atoms with E-state index in [1.807, 2.05) is 21.1 Å². The van der Waals surface area contributed by atoms with Crippen LogP contribution in [0.1, 0.15) is 187 Å². The molecule has 0 aromatic rings. The summed E-state index contributed by atoms with van der Waals surface area (Å²) in [6, 6.07) is 0. The van der Waals surface area contributed by atoms with E-state index in [0.717, 1.165) is 12.8 Å². The molecule has 0 saturated heterocycles. The van der Waals surface area contributed by atoms with Gasteiger partial charge >= 0.3 is 13.8 Å². The third kappa shape index (κ3) is 36.8.